The van der Waals surface area contributed by atoms with Crippen LogP contribution >= 0.6 is 11.8 Å². The summed E-state index contributed by atoms with van der Waals surface area (Å²) in [6.07, 6.45) is -5.64. The molecule has 0 aromatic heterocycles. The van der Waals surface area contributed by atoms with Gasteiger partial charge in [-0.3, -0.25) is 48.1 Å². The number of carboxylic acid groups (broad SMARTS) is 1. The van der Waals surface area contributed by atoms with Crippen LogP contribution in [0.25, 0.3) is 0 Å². The molecule has 0 saturated carbocycles. The average molecular weight is 1330 g/mol. The van der Waals surface area contributed by atoms with E-state index in [-0.39, 0.29) is 94.8 Å². The van der Waals surface area contributed by atoms with E-state index in [2.05, 4.69) is 31.9 Å². The fraction of sp³-hybridized carbons (Fsp3) is 0.484. The molecule has 3 aromatic carbocycles. The minimum Gasteiger partial charge on any atom is -0.507 e. The lowest BCUT2D eigenvalue weighted by molar-refractivity contribution is -0.249. The van der Waals surface area contributed by atoms with Crippen LogP contribution in [0.3, 0.4) is 0 Å². The second-order valence-corrected chi connectivity index (χ2v) is 24.3. The zero-order valence-corrected chi connectivity index (χ0v) is 53.0. The molecule has 9 atom stereocenters. The normalized spacial score (nSPS) is 20.7. The first-order valence-corrected chi connectivity index (χ1v) is 30.9. The lowest BCUT2D eigenvalue weighted by Crippen LogP contribution is -2.56. The van der Waals surface area contributed by atoms with Crippen LogP contribution in [0.1, 0.15) is 141 Å². The number of thioether (sulfide) groups is 1. The summed E-state index contributed by atoms with van der Waals surface area (Å²) < 4.78 is 29.5. The van der Waals surface area contributed by atoms with Crippen molar-refractivity contribution >= 4 is 88.3 Å². The summed E-state index contributed by atoms with van der Waals surface area (Å²) in [7, 11) is 1.27. The minimum absolute atomic E-state index is 0.00138. The fourth-order valence-corrected chi connectivity index (χ4v) is 12.2. The number of aliphatic hydroxyl groups is 3. The van der Waals surface area contributed by atoms with Crippen molar-refractivity contribution in [2.24, 2.45) is 11.7 Å². The number of aromatic hydroxyl groups is 2. The molecule has 1 saturated heterocycles. The van der Waals surface area contributed by atoms with Gasteiger partial charge in [0.05, 0.1) is 53.6 Å². The second kappa shape index (κ2) is 31.6. The van der Waals surface area contributed by atoms with Crippen LogP contribution in [-0.2, 0) is 65.6 Å². The van der Waals surface area contributed by atoms with Gasteiger partial charge in [0.2, 0.25) is 29.4 Å². The first-order chi connectivity index (χ1) is 44.5. The highest BCUT2D eigenvalue weighted by molar-refractivity contribution is 8.05. The van der Waals surface area contributed by atoms with E-state index in [0.717, 1.165) is 17.9 Å². The first-order valence-electron chi connectivity index (χ1n) is 30.1. The topological polar surface area (TPSA) is 474 Å². The number of carboxylic acids is 1. The number of carbonyl (C=O) groups is 12. The third kappa shape index (κ3) is 17.1. The predicted molar refractivity (Wildman–Crippen MR) is 329 cm³/mol. The number of carbonyl (C=O) groups excluding carboxylic acids is 11. The quantitative estimate of drug-likeness (QED) is 0.0152. The highest BCUT2D eigenvalue weighted by atomic mass is 32.2. The molecule has 7 rings (SSSR count). The van der Waals surface area contributed by atoms with Crippen LogP contribution in [0.4, 0.5) is 15.3 Å². The number of urea groups is 1. The maximum absolute atomic E-state index is 14.2. The number of Topliss-reactive ketones (excluding diaryl/α,β-unsaturated/α-hetero) is 1. The molecule has 508 valence electrons. The molecule has 0 spiro atoms. The van der Waals surface area contributed by atoms with Crippen LogP contribution in [0, 0.1) is 5.92 Å². The van der Waals surface area contributed by atoms with Crippen molar-refractivity contribution < 1.29 is 112 Å². The molecular weight excluding hydrogens is 1260 g/mol. The number of nitrogens with two attached hydrogens (primary N) is 1. The second-order valence-electron chi connectivity index (χ2n) is 23.2. The Bertz CT molecular complexity index is 3520. The number of ketones is 3. The number of amides is 9. The van der Waals surface area contributed by atoms with E-state index < -0.39 is 173 Å². The molecule has 2 aliphatic heterocycles. The van der Waals surface area contributed by atoms with Gasteiger partial charge < -0.3 is 92.0 Å². The Morgan fingerprint density at radius 1 is 0.872 bits per heavy atom. The Kier molecular flexibility index (Phi) is 24.3. The van der Waals surface area contributed by atoms with Crippen molar-refractivity contribution in [2.45, 2.75) is 153 Å². The number of hydrogen-bond donors (Lipinski definition) is 13. The molecule has 0 radical (unpaired) electrons. The molecular formula is C62H76N8O23S. The maximum Gasteiger partial charge on any atom is 0.407 e. The summed E-state index contributed by atoms with van der Waals surface area (Å²) >= 11 is 0.523. The van der Waals surface area contributed by atoms with Crippen LogP contribution in [0.15, 0.2) is 47.4 Å². The zero-order chi connectivity index (χ0) is 69.0. The van der Waals surface area contributed by atoms with Crippen molar-refractivity contribution in [1.82, 2.24) is 31.5 Å². The van der Waals surface area contributed by atoms with Gasteiger partial charge in [0.15, 0.2) is 23.2 Å². The number of hydrogen-bond acceptors (Lipinski definition) is 23. The van der Waals surface area contributed by atoms with Gasteiger partial charge in [-0.05, 0) is 56.7 Å². The summed E-state index contributed by atoms with van der Waals surface area (Å²) in [6, 6.07) is 4.25. The molecule has 0 bridgehead atoms. The van der Waals surface area contributed by atoms with Crippen LogP contribution in [0.5, 0.6) is 23.0 Å². The van der Waals surface area contributed by atoms with E-state index in [1.807, 2.05) is 0 Å². The Morgan fingerprint density at radius 3 is 2.23 bits per heavy atom. The average Bonchev–Trinajstić information content (AvgIpc) is 0.778. The third-order valence-electron chi connectivity index (χ3n) is 16.0. The van der Waals surface area contributed by atoms with Crippen LogP contribution in [-0.4, -0.2) is 187 Å². The standard InChI is InChI=1S/C62H76N8O23S/c1-28(2)49(65-30(4)72)56(82)68-36(14-12-18-64-60(63)86)55(81)67-33-17-16-32(39(21-33)90-20-10-8-7-9-19-70-43(75)23-41(58(70)83)94-57(59(84)85)66-31(5)73)27-91-61(87)69-37-22-44(92-29(3)50(37)76)93-40-25-62(88,42(74)26-71)24-35-46(40)54(80)48-47(52(35)78)51(77)34-13-11-15-38(89-6)45(34)53(48)79/h11,13,15-17,21,23,28-29,36-37,40,44,49-50,57,71,76,78,80,88H,7-10,12,14,18-20,22,24-27H2,1-6H3,(H,65,72)(H,66,73)(H,67,81)(H,68,82)(H,69,87)(H,84,85)(H3,63,64,86)/t29-,36-,37-,40-,44-,49-,50+,57-,62-/m0/s1. The Balaban J connectivity index is 1.06. The Morgan fingerprint density at radius 2 is 1.57 bits per heavy atom. The number of nitrogens with one attached hydrogen (secondary N) is 6. The zero-order valence-electron chi connectivity index (χ0n) is 52.2. The largest absolute Gasteiger partial charge is 0.507 e. The van der Waals surface area contributed by atoms with Gasteiger partial charge in [-0.25, -0.2) is 14.4 Å². The van der Waals surface area contributed by atoms with Crippen LogP contribution in [0.2, 0.25) is 0 Å². The molecule has 31 nitrogen and oxygen atoms in total. The smallest absolute Gasteiger partial charge is 0.407 e. The SMILES string of the molecule is COc1cccc2c1C(=O)c1c(O)c3c(c(O)c1C2=O)C[C@@](O)(C(=O)CO)C[C@@H]3O[C@H]1C[C@H](NC(=O)OCc2ccc(NC(=O)[C@H](CCCNC(N)=O)NC(=O)[C@@H](NC(C)=O)C(C)C)cc2OCCCCCCN2C(=O)C=C(S[C@H](NC(C)=O)C(=O)O)C2=O)[C@H](O)[C@H](C)O1. The molecule has 2 aliphatic carbocycles. The molecule has 3 aromatic rings. The highest BCUT2D eigenvalue weighted by Crippen LogP contribution is 2.53. The number of anilines is 1. The molecule has 1 fully saturated rings. The van der Waals surface area contributed by atoms with Gasteiger partial charge in [-0.1, -0.05) is 50.6 Å². The number of alkyl carbamates (subject to hydrolysis) is 1. The van der Waals surface area contributed by atoms with E-state index in [1.54, 1.807) is 13.8 Å². The van der Waals surface area contributed by atoms with Crippen molar-refractivity contribution in [2.75, 3.05) is 38.7 Å². The fourth-order valence-electron chi connectivity index (χ4n) is 11.3. The lowest BCUT2D eigenvalue weighted by atomic mass is 9.72. The molecule has 94 heavy (non-hydrogen) atoms. The maximum atomic E-state index is 14.2. The lowest BCUT2D eigenvalue weighted by Gasteiger charge is -2.42. The van der Waals surface area contributed by atoms with E-state index in [1.165, 1.54) is 57.4 Å². The summed E-state index contributed by atoms with van der Waals surface area (Å²) in [5.41, 5.74) is 0.920. The number of fused-ring (bicyclic) bond motifs is 3. The highest BCUT2D eigenvalue weighted by Gasteiger charge is 2.51. The number of aliphatic hydroxyl groups excluding tert-OH is 2. The number of nitrogens with zero attached hydrogens (tertiary/aromatic N) is 1. The van der Waals surface area contributed by atoms with Gasteiger partial charge >= 0.3 is 18.1 Å². The molecule has 0 unspecified atom stereocenters. The van der Waals surface area contributed by atoms with Crippen molar-refractivity contribution in [1.29, 1.82) is 0 Å². The Labute approximate surface area is 542 Å². The van der Waals surface area contributed by atoms with Crippen LogP contribution < -0.4 is 47.1 Å². The van der Waals surface area contributed by atoms with Gasteiger partial charge in [0, 0.05) is 86.3 Å². The van der Waals surface area contributed by atoms with Gasteiger partial charge in [-0.2, -0.15) is 0 Å². The number of aliphatic carboxylic acids is 1. The number of imide groups is 1. The van der Waals surface area contributed by atoms with Crippen molar-refractivity contribution in [3.05, 3.63) is 86.3 Å². The molecule has 4 aliphatic rings. The monoisotopic (exact) mass is 1330 g/mol. The number of phenolic OH excluding ortho intramolecular Hbond substituents is 2. The minimum atomic E-state index is -2.47. The predicted octanol–water partition coefficient (Wildman–Crippen LogP) is 1.47. The molecule has 9 amide bonds. The number of rotatable bonds is 30. The summed E-state index contributed by atoms with van der Waals surface area (Å²) in [4.78, 5) is 156. The summed E-state index contributed by atoms with van der Waals surface area (Å²) in [5, 5.41) is 80.1. The van der Waals surface area contributed by atoms with Gasteiger partial charge in [0.25, 0.3) is 11.8 Å². The first kappa shape index (κ1) is 72.2. The molecule has 2 heterocycles. The van der Waals surface area contributed by atoms with Gasteiger partial charge in [-0.15, -0.1) is 0 Å². The number of unbranched alkanes of at least 4 members (excludes halogenated alkanes) is 3. The number of benzene rings is 3. The number of primary amides is 1. The van der Waals surface area contributed by atoms with E-state index in [0.29, 0.717) is 37.4 Å². The number of phenols is 2. The summed E-state index contributed by atoms with van der Waals surface area (Å²) in [5.74, 6) is -10.2. The number of ether oxygens (including phenoxy) is 5. The van der Waals surface area contributed by atoms with E-state index in [4.69, 9.17) is 29.4 Å². The summed E-state index contributed by atoms with van der Waals surface area (Å²) in [6.45, 7) is 5.57. The van der Waals surface area contributed by atoms with Crippen molar-refractivity contribution in [3.8, 4) is 23.0 Å². The van der Waals surface area contributed by atoms with E-state index in [9.17, 15) is 88.2 Å². The molecule has 14 N–H and O–H groups in total. The number of methoxy groups -OCH3 is 1. The van der Waals surface area contributed by atoms with E-state index >= 15 is 0 Å². The van der Waals surface area contributed by atoms with Gasteiger partial charge in [0.1, 0.15) is 60.0 Å². The Hall–Kier alpha value is -9.21. The van der Waals surface area contributed by atoms with Crippen molar-refractivity contribution in [3.63, 3.8) is 0 Å². The molecule has 32 heteroatoms. The third-order valence-corrected chi connectivity index (χ3v) is 17.1.